The lowest BCUT2D eigenvalue weighted by atomic mass is 10.0. The fraction of sp³-hybridized carbons (Fsp3) is 0.870. The molecule has 0 fully saturated rings. The van der Waals surface area contributed by atoms with Crippen LogP contribution in [0.5, 0.6) is 5.75 Å². The lowest BCUT2D eigenvalue weighted by Crippen LogP contribution is -2.15. The van der Waals surface area contributed by atoms with E-state index in [1.54, 1.807) is 0 Å². The number of aryl methyl sites for hydroxylation is 1. The number of ether oxygens (including phenoxy) is 12. The van der Waals surface area contributed by atoms with Crippen LogP contribution in [0.3, 0.4) is 0 Å². The minimum atomic E-state index is 0.516. The van der Waals surface area contributed by atoms with Crippen molar-refractivity contribution in [2.75, 3.05) is 152 Å². The summed E-state index contributed by atoms with van der Waals surface area (Å²) < 4.78 is 66.8. The smallest absolute Gasteiger partial charge is 0.119 e. The molecule has 0 saturated heterocycles. The van der Waals surface area contributed by atoms with Crippen molar-refractivity contribution >= 4 is 0 Å². The van der Waals surface area contributed by atoms with E-state index in [1.165, 1.54) is 89.0 Å². The van der Waals surface area contributed by atoms with Gasteiger partial charge in [-0.1, -0.05) is 103 Å². The zero-order chi connectivity index (χ0) is 41.3. The van der Waals surface area contributed by atoms with E-state index in [2.05, 4.69) is 38.1 Å². The third-order valence-electron chi connectivity index (χ3n) is 9.10. The summed E-state index contributed by atoms with van der Waals surface area (Å²) >= 11 is 0. The number of rotatable bonds is 50. The molecule has 342 valence electrons. The molecule has 58 heavy (non-hydrogen) atoms. The molecule has 0 aliphatic heterocycles. The summed E-state index contributed by atoms with van der Waals surface area (Å²) in [6.07, 6.45) is 19.6. The van der Waals surface area contributed by atoms with E-state index in [9.17, 15) is 0 Å². The van der Waals surface area contributed by atoms with Gasteiger partial charge in [0, 0.05) is 6.61 Å². The van der Waals surface area contributed by atoms with Crippen molar-refractivity contribution in [3.63, 3.8) is 0 Å². The number of unbranched alkanes of at least 4 members (excludes halogenated alkanes) is 12. The molecule has 0 N–H and O–H groups in total. The van der Waals surface area contributed by atoms with E-state index in [0.717, 1.165) is 25.2 Å². The van der Waals surface area contributed by atoms with Crippen LogP contribution in [0.1, 0.15) is 109 Å². The first-order chi connectivity index (χ1) is 28.9. The molecule has 1 aromatic carbocycles. The van der Waals surface area contributed by atoms with Crippen molar-refractivity contribution in [2.45, 2.75) is 110 Å². The molecule has 1 rings (SSSR count). The van der Waals surface area contributed by atoms with Gasteiger partial charge in [0.15, 0.2) is 0 Å². The first-order valence-electron chi connectivity index (χ1n) is 22.9. The Bertz CT molecular complexity index is 894. The van der Waals surface area contributed by atoms with Gasteiger partial charge in [0.1, 0.15) is 12.4 Å². The summed E-state index contributed by atoms with van der Waals surface area (Å²) in [5.74, 6) is 0.887. The predicted octanol–water partition coefficient (Wildman–Crippen LogP) is 8.29. The van der Waals surface area contributed by atoms with E-state index >= 15 is 0 Å². The van der Waals surface area contributed by atoms with Crippen molar-refractivity contribution in [1.29, 1.82) is 0 Å². The Balaban J connectivity index is 1.65. The Morgan fingerprint density at radius 3 is 0.845 bits per heavy atom. The van der Waals surface area contributed by atoms with Gasteiger partial charge in [-0.3, -0.25) is 0 Å². The molecule has 12 heteroatoms. The topological polar surface area (TPSA) is 111 Å². The largest absolute Gasteiger partial charge is 0.491 e. The summed E-state index contributed by atoms with van der Waals surface area (Å²) in [4.78, 5) is 0. The van der Waals surface area contributed by atoms with Crippen LogP contribution in [0.15, 0.2) is 24.3 Å². The van der Waals surface area contributed by atoms with Crippen molar-refractivity contribution in [1.82, 2.24) is 0 Å². The summed E-state index contributed by atoms with van der Waals surface area (Å²) in [6, 6.07) is 8.45. The van der Waals surface area contributed by atoms with Gasteiger partial charge in [0.25, 0.3) is 0 Å². The van der Waals surface area contributed by atoms with Gasteiger partial charge in [-0.2, -0.15) is 0 Å². The maximum absolute atomic E-state index is 5.78. The predicted molar refractivity (Wildman–Crippen MR) is 231 cm³/mol. The second kappa shape index (κ2) is 48.2. The fourth-order valence-electron chi connectivity index (χ4n) is 5.72. The first kappa shape index (κ1) is 54.6. The molecule has 0 saturated carbocycles. The zero-order valence-electron chi connectivity index (χ0n) is 37.1. The normalized spacial score (nSPS) is 11.6. The van der Waals surface area contributed by atoms with Gasteiger partial charge < -0.3 is 56.8 Å². The van der Waals surface area contributed by atoms with Crippen molar-refractivity contribution < 1.29 is 56.8 Å². The minimum absolute atomic E-state index is 0.516. The van der Waals surface area contributed by atoms with E-state index < -0.39 is 0 Å². The highest BCUT2D eigenvalue weighted by Crippen LogP contribution is 2.15. The molecular formula is C46H86O12. The van der Waals surface area contributed by atoms with E-state index in [0.29, 0.717) is 145 Å². The molecule has 0 spiro atoms. The lowest BCUT2D eigenvalue weighted by Gasteiger charge is -2.09. The second-order valence-corrected chi connectivity index (χ2v) is 14.2. The van der Waals surface area contributed by atoms with Crippen LogP contribution < -0.4 is 4.74 Å². The quantitative estimate of drug-likeness (QED) is 0.0590. The van der Waals surface area contributed by atoms with Gasteiger partial charge in [0.2, 0.25) is 0 Å². The number of hydrogen-bond acceptors (Lipinski definition) is 12. The Morgan fingerprint density at radius 1 is 0.259 bits per heavy atom. The average Bonchev–Trinajstić information content (AvgIpc) is 3.24. The van der Waals surface area contributed by atoms with Gasteiger partial charge in [0.05, 0.1) is 139 Å². The van der Waals surface area contributed by atoms with Crippen LogP contribution in [0.2, 0.25) is 0 Å². The first-order valence-corrected chi connectivity index (χ1v) is 22.9. The Labute approximate surface area is 353 Å². The van der Waals surface area contributed by atoms with Gasteiger partial charge in [-0.15, -0.1) is 0 Å². The van der Waals surface area contributed by atoms with Crippen LogP contribution in [0.25, 0.3) is 0 Å². The van der Waals surface area contributed by atoms with Crippen LogP contribution in [-0.2, 0) is 58.5 Å². The maximum atomic E-state index is 5.78. The third-order valence-corrected chi connectivity index (χ3v) is 9.10. The zero-order valence-corrected chi connectivity index (χ0v) is 37.1. The van der Waals surface area contributed by atoms with Crippen LogP contribution in [0, 0.1) is 0 Å². The molecule has 0 heterocycles. The maximum Gasteiger partial charge on any atom is 0.119 e. The molecule has 0 aliphatic rings. The molecule has 1 aromatic rings. The molecule has 0 bridgehead atoms. The van der Waals surface area contributed by atoms with Crippen molar-refractivity contribution in [2.24, 2.45) is 0 Å². The summed E-state index contributed by atoms with van der Waals surface area (Å²) in [5.41, 5.74) is 1.38. The van der Waals surface area contributed by atoms with E-state index in [-0.39, 0.29) is 0 Å². The van der Waals surface area contributed by atoms with Gasteiger partial charge in [-0.25, -0.2) is 0 Å². The Kier molecular flexibility index (Phi) is 45.4. The monoisotopic (exact) mass is 831 g/mol. The fourth-order valence-corrected chi connectivity index (χ4v) is 5.72. The molecule has 0 atom stereocenters. The average molecular weight is 831 g/mol. The lowest BCUT2D eigenvalue weighted by molar-refractivity contribution is -0.0277. The number of benzene rings is 1. The van der Waals surface area contributed by atoms with Gasteiger partial charge >= 0.3 is 0 Å². The van der Waals surface area contributed by atoms with Crippen LogP contribution in [-0.4, -0.2) is 152 Å². The Morgan fingerprint density at radius 2 is 0.517 bits per heavy atom. The minimum Gasteiger partial charge on any atom is -0.491 e. The molecule has 0 amide bonds. The third kappa shape index (κ3) is 42.7. The molecule has 0 unspecified atom stereocenters. The Hall–Kier alpha value is -1.42. The summed E-state index contributed by atoms with van der Waals surface area (Å²) in [5, 5.41) is 0. The highest BCUT2D eigenvalue weighted by Gasteiger charge is 2.00. The molecule has 0 radical (unpaired) electrons. The van der Waals surface area contributed by atoms with Crippen LogP contribution in [0.4, 0.5) is 0 Å². The molecule has 0 aliphatic carbocycles. The van der Waals surface area contributed by atoms with Gasteiger partial charge in [-0.05, 0) is 37.0 Å². The van der Waals surface area contributed by atoms with E-state index in [1.807, 2.05) is 0 Å². The summed E-state index contributed by atoms with van der Waals surface area (Å²) in [7, 11) is 0. The number of hydrogen-bond donors (Lipinski definition) is 0. The molecular weight excluding hydrogens is 744 g/mol. The highest BCUT2D eigenvalue weighted by atomic mass is 16.6. The van der Waals surface area contributed by atoms with E-state index in [4.69, 9.17) is 56.8 Å². The highest BCUT2D eigenvalue weighted by molar-refractivity contribution is 5.27. The SMILES string of the molecule is CCCCCCCCCCOCCOCCOCCOCCOCCOCCOCCOCCOCCOCCOCCOc1ccc(CCCCCCCC)cc1. The van der Waals surface area contributed by atoms with Crippen LogP contribution >= 0.6 is 0 Å². The van der Waals surface area contributed by atoms with Crippen molar-refractivity contribution in [3.8, 4) is 5.75 Å². The summed E-state index contributed by atoms with van der Waals surface area (Å²) in [6.45, 7) is 17.2. The standard InChI is InChI=1S/C46H86O12/c1-3-5-7-9-11-12-14-16-22-47-23-24-48-25-26-49-27-28-50-29-30-51-31-32-52-33-34-53-35-36-54-37-38-55-39-40-56-41-42-57-43-44-58-46-20-18-45(19-21-46)17-15-13-10-8-6-4-2/h18-21H,3-17,22-44H2,1-2H3. The molecule has 12 nitrogen and oxygen atoms in total. The van der Waals surface area contributed by atoms with Crippen molar-refractivity contribution in [3.05, 3.63) is 29.8 Å². The second-order valence-electron chi connectivity index (χ2n) is 14.2. The molecule has 0 aromatic heterocycles.